The van der Waals surface area contributed by atoms with E-state index >= 15 is 0 Å². The molecular formula is C22H23N7O. The molecular weight excluding hydrogens is 378 g/mol. The zero-order valence-corrected chi connectivity index (χ0v) is 17.0. The SMILES string of the molecule is Cc1cc2nc([C@H]3CCCN3C(=O)Cc3ccc(-n4cnnn4)cc3)[nH]c2cc1C. The summed E-state index contributed by atoms with van der Waals surface area (Å²) in [5.41, 5.74) is 6.30. The molecule has 1 aliphatic rings. The average Bonchev–Trinajstić information content (AvgIpc) is 3.49. The number of aromatic amines is 1. The molecule has 1 N–H and O–H groups in total. The largest absolute Gasteiger partial charge is 0.340 e. The van der Waals surface area contributed by atoms with E-state index in [2.05, 4.69) is 46.5 Å². The second-order valence-corrected chi connectivity index (χ2v) is 7.92. The predicted molar refractivity (Wildman–Crippen MR) is 112 cm³/mol. The Kier molecular flexibility index (Phi) is 4.54. The molecule has 1 saturated heterocycles. The van der Waals surface area contributed by atoms with Crippen molar-refractivity contribution in [3.8, 4) is 5.69 Å². The minimum Gasteiger partial charge on any atom is -0.340 e. The summed E-state index contributed by atoms with van der Waals surface area (Å²) in [7, 11) is 0. The Bertz CT molecular complexity index is 1160. The number of H-pyrrole nitrogens is 1. The first-order valence-electron chi connectivity index (χ1n) is 10.2. The van der Waals surface area contributed by atoms with Gasteiger partial charge in [-0.3, -0.25) is 4.79 Å². The maximum atomic E-state index is 13.1. The first kappa shape index (κ1) is 18.5. The summed E-state index contributed by atoms with van der Waals surface area (Å²) in [6.45, 7) is 4.96. The number of benzene rings is 2. The number of likely N-dealkylation sites (tertiary alicyclic amines) is 1. The smallest absolute Gasteiger partial charge is 0.227 e. The molecule has 0 spiro atoms. The van der Waals surface area contributed by atoms with Gasteiger partial charge in [0.25, 0.3) is 0 Å². The van der Waals surface area contributed by atoms with Crippen molar-refractivity contribution in [2.45, 2.75) is 39.2 Å². The van der Waals surface area contributed by atoms with Gasteiger partial charge in [-0.2, -0.15) is 0 Å². The van der Waals surface area contributed by atoms with E-state index in [1.807, 2.05) is 29.2 Å². The van der Waals surface area contributed by atoms with Crippen LogP contribution in [0.3, 0.4) is 0 Å². The number of carbonyl (C=O) groups is 1. The first-order valence-corrected chi connectivity index (χ1v) is 10.2. The summed E-state index contributed by atoms with van der Waals surface area (Å²) in [5.74, 6) is 1.01. The van der Waals surface area contributed by atoms with Crippen LogP contribution in [0, 0.1) is 13.8 Å². The van der Waals surface area contributed by atoms with Gasteiger partial charge in [0.2, 0.25) is 5.91 Å². The molecule has 5 rings (SSSR count). The van der Waals surface area contributed by atoms with Crippen molar-refractivity contribution in [1.29, 1.82) is 0 Å². The van der Waals surface area contributed by atoms with Crippen molar-refractivity contribution in [3.05, 3.63) is 65.2 Å². The van der Waals surface area contributed by atoms with E-state index in [0.717, 1.165) is 47.5 Å². The molecule has 1 fully saturated rings. The van der Waals surface area contributed by atoms with Crippen LogP contribution in [-0.4, -0.2) is 47.5 Å². The molecule has 4 aromatic rings. The lowest BCUT2D eigenvalue weighted by molar-refractivity contribution is -0.131. The third-order valence-corrected chi connectivity index (χ3v) is 5.91. The van der Waals surface area contributed by atoms with Gasteiger partial charge in [0, 0.05) is 6.54 Å². The maximum absolute atomic E-state index is 13.1. The minimum absolute atomic E-state index is 0.00556. The Balaban J connectivity index is 1.34. The fourth-order valence-corrected chi connectivity index (χ4v) is 4.12. The van der Waals surface area contributed by atoms with Crippen molar-refractivity contribution < 1.29 is 4.79 Å². The van der Waals surface area contributed by atoms with E-state index in [4.69, 9.17) is 4.98 Å². The summed E-state index contributed by atoms with van der Waals surface area (Å²) in [5, 5.41) is 11.2. The van der Waals surface area contributed by atoms with Crippen LogP contribution in [0.15, 0.2) is 42.7 Å². The van der Waals surface area contributed by atoms with Crippen LogP contribution >= 0.6 is 0 Å². The van der Waals surface area contributed by atoms with Gasteiger partial charge in [-0.25, -0.2) is 9.67 Å². The third kappa shape index (κ3) is 3.34. The Morgan fingerprint density at radius 1 is 1.17 bits per heavy atom. The molecule has 1 atom stereocenters. The number of amides is 1. The van der Waals surface area contributed by atoms with E-state index in [-0.39, 0.29) is 11.9 Å². The molecule has 1 aliphatic heterocycles. The van der Waals surface area contributed by atoms with Crippen LogP contribution in [0.4, 0.5) is 0 Å². The number of carbonyl (C=O) groups excluding carboxylic acids is 1. The van der Waals surface area contributed by atoms with Crippen LogP contribution in [-0.2, 0) is 11.2 Å². The topological polar surface area (TPSA) is 92.6 Å². The molecule has 2 aromatic heterocycles. The number of hydrogen-bond donors (Lipinski definition) is 1. The number of aryl methyl sites for hydroxylation is 2. The molecule has 152 valence electrons. The number of tetrazole rings is 1. The molecule has 0 aliphatic carbocycles. The standard InChI is InChI=1S/C22H23N7O/c1-14-10-18-19(11-15(14)2)25-22(24-18)20-4-3-9-28(20)21(30)12-16-5-7-17(8-6-16)29-13-23-26-27-29/h5-8,10-11,13,20H,3-4,9,12H2,1-2H3,(H,24,25)/t20-/m1/s1. The van der Waals surface area contributed by atoms with Crippen LogP contribution < -0.4 is 0 Å². The van der Waals surface area contributed by atoms with E-state index in [1.165, 1.54) is 11.1 Å². The molecule has 8 heteroatoms. The van der Waals surface area contributed by atoms with E-state index in [1.54, 1.807) is 11.0 Å². The fourth-order valence-electron chi connectivity index (χ4n) is 4.12. The highest BCUT2D eigenvalue weighted by Crippen LogP contribution is 2.32. The van der Waals surface area contributed by atoms with Crippen LogP contribution in [0.2, 0.25) is 0 Å². The Morgan fingerprint density at radius 2 is 1.97 bits per heavy atom. The van der Waals surface area contributed by atoms with Crippen molar-refractivity contribution >= 4 is 16.9 Å². The maximum Gasteiger partial charge on any atom is 0.227 e. The Hall–Kier alpha value is -3.55. The molecule has 0 unspecified atom stereocenters. The lowest BCUT2D eigenvalue weighted by atomic mass is 10.1. The highest BCUT2D eigenvalue weighted by atomic mass is 16.2. The molecule has 3 heterocycles. The predicted octanol–water partition coefficient (Wildman–Crippen LogP) is 3.06. The number of nitrogens with one attached hydrogen (secondary N) is 1. The zero-order valence-electron chi connectivity index (χ0n) is 17.0. The second-order valence-electron chi connectivity index (χ2n) is 7.92. The van der Waals surface area contributed by atoms with E-state index in [9.17, 15) is 4.79 Å². The van der Waals surface area contributed by atoms with Gasteiger partial charge in [0.15, 0.2) is 0 Å². The normalized spacial score (nSPS) is 16.5. The number of imidazole rings is 1. The summed E-state index contributed by atoms with van der Waals surface area (Å²) >= 11 is 0. The molecule has 8 nitrogen and oxygen atoms in total. The van der Waals surface area contributed by atoms with Gasteiger partial charge in [-0.05, 0) is 78.1 Å². The third-order valence-electron chi connectivity index (χ3n) is 5.91. The molecule has 2 aromatic carbocycles. The van der Waals surface area contributed by atoms with Crippen molar-refractivity contribution in [3.63, 3.8) is 0 Å². The number of fused-ring (bicyclic) bond motifs is 1. The zero-order chi connectivity index (χ0) is 20.7. The van der Waals surface area contributed by atoms with Crippen LogP contribution in [0.1, 0.15) is 41.4 Å². The summed E-state index contributed by atoms with van der Waals surface area (Å²) in [6, 6.07) is 12.0. The van der Waals surface area contributed by atoms with Gasteiger partial charge in [-0.1, -0.05) is 12.1 Å². The molecule has 30 heavy (non-hydrogen) atoms. The van der Waals surface area contributed by atoms with Gasteiger partial charge < -0.3 is 9.88 Å². The second kappa shape index (κ2) is 7.37. The molecule has 0 bridgehead atoms. The summed E-state index contributed by atoms with van der Waals surface area (Å²) in [4.78, 5) is 23.3. The van der Waals surface area contributed by atoms with E-state index in [0.29, 0.717) is 6.42 Å². The fraction of sp³-hybridized carbons (Fsp3) is 0.318. The van der Waals surface area contributed by atoms with Gasteiger partial charge in [0.05, 0.1) is 29.2 Å². The number of rotatable bonds is 4. The van der Waals surface area contributed by atoms with Crippen LogP contribution in [0.25, 0.3) is 16.7 Å². The lowest BCUT2D eigenvalue weighted by Crippen LogP contribution is -2.32. The number of aromatic nitrogens is 6. The Morgan fingerprint density at radius 3 is 2.73 bits per heavy atom. The summed E-state index contributed by atoms with van der Waals surface area (Å²) in [6.07, 6.45) is 3.83. The number of hydrogen-bond acceptors (Lipinski definition) is 5. The van der Waals surface area contributed by atoms with Crippen molar-refractivity contribution in [2.75, 3.05) is 6.54 Å². The van der Waals surface area contributed by atoms with Crippen molar-refractivity contribution in [1.82, 2.24) is 35.1 Å². The highest BCUT2D eigenvalue weighted by molar-refractivity contribution is 5.80. The van der Waals surface area contributed by atoms with Crippen LogP contribution in [0.5, 0.6) is 0 Å². The van der Waals surface area contributed by atoms with E-state index < -0.39 is 0 Å². The number of nitrogens with zero attached hydrogens (tertiary/aromatic N) is 6. The average molecular weight is 401 g/mol. The monoisotopic (exact) mass is 401 g/mol. The van der Waals surface area contributed by atoms with Gasteiger partial charge >= 0.3 is 0 Å². The van der Waals surface area contributed by atoms with Gasteiger partial charge in [-0.15, -0.1) is 5.10 Å². The molecule has 0 saturated carbocycles. The minimum atomic E-state index is 0.00556. The quantitative estimate of drug-likeness (QED) is 0.567. The lowest BCUT2D eigenvalue weighted by Gasteiger charge is -2.23. The molecule has 0 radical (unpaired) electrons. The summed E-state index contributed by atoms with van der Waals surface area (Å²) < 4.78 is 1.59. The first-order chi connectivity index (χ1) is 14.6. The highest BCUT2D eigenvalue weighted by Gasteiger charge is 2.32. The van der Waals surface area contributed by atoms with Gasteiger partial charge in [0.1, 0.15) is 12.2 Å². The van der Waals surface area contributed by atoms with Crippen molar-refractivity contribution in [2.24, 2.45) is 0 Å². The Labute approximate surface area is 173 Å². The molecule has 1 amide bonds.